The van der Waals surface area contributed by atoms with Crippen molar-refractivity contribution in [2.24, 2.45) is 0 Å². The summed E-state index contributed by atoms with van der Waals surface area (Å²) >= 11 is 1.09. The molecule has 3 aromatic heterocycles. The monoisotopic (exact) mass is 300 g/mol. The topological polar surface area (TPSA) is 85.6 Å². The van der Waals surface area contributed by atoms with Crippen LogP contribution in [0.3, 0.4) is 0 Å². The number of imidazole rings is 1. The summed E-state index contributed by atoms with van der Waals surface area (Å²) in [5.41, 5.74) is 2.10. The summed E-state index contributed by atoms with van der Waals surface area (Å²) in [6.45, 7) is 1.94. The van der Waals surface area contributed by atoms with Crippen LogP contribution in [0.25, 0.3) is 5.69 Å². The molecule has 0 spiro atoms. The summed E-state index contributed by atoms with van der Waals surface area (Å²) in [7, 11) is 0. The SMILES string of the molecule is CCc1nnsc1C(=O)Nc1cnccc1-n1ccnc1. The molecule has 0 saturated heterocycles. The second kappa shape index (κ2) is 5.80. The zero-order chi connectivity index (χ0) is 14.7. The minimum absolute atomic E-state index is 0.226. The lowest BCUT2D eigenvalue weighted by Gasteiger charge is -2.10. The van der Waals surface area contributed by atoms with Crippen molar-refractivity contribution in [1.82, 2.24) is 24.1 Å². The molecular formula is C13H12N6OS. The number of nitrogens with zero attached hydrogens (tertiary/aromatic N) is 5. The van der Waals surface area contributed by atoms with E-state index in [0.29, 0.717) is 22.7 Å². The van der Waals surface area contributed by atoms with E-state index in [1.807, 2.05) is 17.6 Å². The number of amides is 1. The standard InChI is InChI=1S/C13H12N6OS/c1-2-9-12(21-18-17-9)13(20)16-10-7-14-4-3-11(10)19-6-5-15-8-19/h3-8H,2H2,1H3,(H,16,20). The third-order valence-corrected chi connectivity index (χ3v) is 3.69. The van der Waals surface area contributed by atoms with Crippen LogP contribution in [0.1, 0.15) is 22.3 Å². The molecular weight excluding hydrogens is 288 g/mol. The second-order valence-corrected chi connectivity index (χ2v) is 4.97. The normalized spacial score (nSPS) is 10.5. The van der Waals surface area contributed by atoms with Gasteiger partial charge in [-0.15, -0.1) is 5.10 Å². The molecule has 21 heavy (non-hydrogen) atoms. The number of hydrogen-bond acceptors (Lipinski definition) is 6. The summed E-state index contributed by atoms with van der Waals surface area (Å²) in [6, 6.07) is 1.81. The number of aromatic nitrogens is 5. The molecule has 0 aliphatic rings. The number of anilines is 1. The third kappa shape index (κ3) is 2.65. The molecule has 8 heteroatoms. The van der Waals surface area contributed by atoms with Gasteiger partial charge in [0, 0.05) is 18.6 Å². The van der Waals surface area contributed by atoms with E-state index in [0.717, 1.165) is 17.2 Å². The fourth-order valence-corrected chi connectivity index (χ4v) is 2.55. The van der Waals surface area contributed by atoms with E-state index in [-0.39, 0.29) is 5.91 Å². The summed E-state index contributed by atoms with van der Waals surface area (Å²) in [6.07, 6.45) is 9.08. The lowest BCUT2D eigenvalue weighted by Crippen LogP contribution is -2.14. The van der Waals surface area contributed by atoms with Crippen LogP contribution in [0.4, 0.5) is 5.69 Å². The molecule has 1 amide bonds. The van der Waals surface area contributed by atoms with Crippen LogP contribution in [0, 0.1) is 0 Å². The average Bonchev–Trinajstić information content (AvgIpc) is 3.19. The smallest absolute Gasteiger partial charge is 0.269 e. The summed E-state index contributed by atoms with van der Waals surface area (Å²) in [5, 5.41) is 6.80. The maximum absolute atomic E-state index is 12.3. The van der Waals surface area contributed by atoms with Crippen LogP contribution in [-0.2, 0) is 6.42 Å². The Kier molecular flexibility index (Phi) is 3.69. The molecule has 0 unspecified atom stereocenters. The zero-order valence-electron chi connectivity index (χ0n) is 11.2. The van der Waals surface area contributed by atoms with Crippen molar-refractivity contribution in [3.05, 3.63) is 47.8 Å². The fraction of sp³-hybridized carbons (Fsp3) is 0.154. The van der Waals surface area contributed by atoms with Crippen molar-refractivity contribution in [3.63, 3.8) is 0 Å². The van der Waals surface area contributed by atoms with E-state index in [2.05, 4.69) is 24.9 Å². The largest absolute Gasteiger partial charge is 0.318 e. The number of hydrogen-bond donors (Lipinski definition) is 1. The lowest BCUT2D eigenvalue weighted by molar-refractivity contribution is 0.102. The third-order valence-electron chi connectivity index (χ3n) is 2.93. The van der Waals surface area contributed by atoms with Gasteiger partial charge in [0.05, 0.1) is 29.6 Å². The molecule has 0 bridgehead atoms. The Morgan fingerprint density at radius 1 is 1.38 bits per heavy atom. The van der Waals surface area contributed by atoms with Gasteiger partial charge < -0.3 is 9.88 Å². The number of pyridine rings is 1. The molecule has 1 N–H and O–H groups in total. The quantitative estimate of drug-likeness (QED) is 0.795. The van der Waals surface area contributed by atoms with Crippen molar-refractivity contribution in [1.29, 1.82) is 0 Å². The molecule has 0 aromatic carbocycles. The first-order valence-electron chi connectivity index (χ1n) is 6.34. The van der Waals surface area contributed by atoms with Gasteiger partial charge in [0.2, 0.25) is 0 Å². The molecule has 0 saturated carbocycles. The van der Waals surface area contributed by atoms with E-state index in [4.69, 9.17) is 0 Å². The highest BCUT2D eigenvalue weighted by Gasteiger charge is 2.16. The maximum atomic E-state index is 12.3. The molecule has 0 radical (unpaired) electrons. The van der Waals surface area contributed by atoms with Crippen molar-refractivity contribution >= 4 is 23.1 Å². The molecule has 0 aliphatic heterocycles. The number of aryl methyl sites for hydroxylation is 1. The minimum atomic E-state index is -0.226. The van der Waals surface area contributed by atoms with E-state index in [1.54, 1.807) is 31.1 Å². The molecule has 0 atom stereocenters. The van der Waals surface area contributed by atoms with E-state index >= 15 is 0 Å². The van der Waals surface area contributed by atoms with Gasteiger partial charge in [0.1, 0.15) is 4.88 Å². The first-order chi connectivity index (χ1) is 10.3. The van der Waals surface area contributed by atoms with Crippen LogP contribution < -0.4 is 5.32 Å². The Morgan fingerprint density at radius 2 is 2.29 bits per heavy atom. The van der Waals surface area contributed by atoms with Gasteiger partial charge in [0.25, 0.3) is 5.91 Å². The molecule has 106 valence electrons. The van der Waals surface area contributed by atoms with Crippen molar-refractivity contribution in [2.45, 2.75) is 13.3 Å². The summed E-state index contributed by atoms with van der Waals surface area (Å²) in [4.78, 5) is 20.9. The van der Waals surface area contributed by atoms with Crippen LogP contribution in [0.15, 0.2) is 37.2 Å². The number of carbonyl (C=O) groups excluding carboxylic acids is 1. The molecule has 7 nitrogen and oxygen atoms in total. The number of nitrogens with one attached hydrogen (secondary N) is 1. The first-order valence-corrected chi connectivity index (χ1v) is 7.12. The van der Waals surface area contributed by atoms with Gasteiger partial charge in [-0.05, 0) is 24.0 Å². The van der Waals surface area contributed by atoms with E-state index < -0.39 is 0 Å². The Labute approximate surface area is 124 Å². The Hall–Kier alpha value is -2.61. The average molecular weight is 300 g/mol. The lowest BCUT2D eigenvalue weighted by atomic mass is 10.2. The Bertz CT molecular complexity index is 752. The predicted molar refractivity (Wildman–Crippen MR) is 78.6 cm³/mol. The van der Waals surface area contributed by atoms with Crippen molar-refractivity contribution in [2.75, 3.05) is 5.32 Å². The van der Waals surface area contributed by atoms with Gasteiger partial charge >= 0.3 is 0 Å². The van der Waals surface area contributed by atoms with Gasteiger partial charge in [-0.1, -0.05) is 11.4 Å². The van der Waals surface area contributed by atoms with Crippen molar-refractivity contribution in [3.8, 4) is 5.69 Å². The first kappa shape index (κ1) is 13.4. The molecule has 3 aromatic rings. The maximum Gasteiger partial charge on any atom is 0.269 e. The van der Waals surface area contributed by atoms with E-state index in [9.17, 15) is 4.79 Å². The molecule has 0 aliphatic carbocycles. The van der Waals surface area contributed by atoms with Crippen molar-refractivity contribution < 1.29 is 4.79 Å². The highest BCUT2D eigenvalue weighted by Crippen LogP contribution is 2.20. The highest BCUT2D eigenvalue weighted by atomic mass is 32.1. The number of carbonyl (C=O) groups is 1. The van der Waals surface area contributed by atoms with E-state index in [1.165, 1.54) is 0 Å². The minimum Gasteiger partial charge on any atom is -0.318 e. The predicted octanol–water partition coefficient (Wildman–Crippen LogP) is 1.93. The van der Waals surface area contributed by atoms with Gasteiger partial charge in [-0.25, -0.2) is 4.98 Å². The second-order valence-electron chi connectivity index (χ2n) is 4.22. The van der Waals surface area contributed by atoms with Crippen LogP contribution in [0.2, 0.25) is 0 Å². The van der Waals surface area contributed by atoms with Crippen LogP contribution in [-0.4, -0.2) is 30.0 Å². The fourth-order valence-electron chi connectivity index (χ4n) is 1.90. The molecule has 0 fully saturated rings. The van der Waals surface area contributed by atoms with Gasteiger partial charge in [-0.3, -0.25) is 9.78 Å². The zero-order valence-corrected chi connectivity index (χ0v) is 12.0. The van der Waals surface area contributed by atoms with Crippen LogP contribution >= 0.6 is 11.5 Å². The summed E-state index contributed by atoms with van der Waals surface area (Å²) < 4.78 is 5.64. The van der Waals surface area contributed by atoms with Gasteiger partial charge in [0.15, 0.2) is 0 Å². The molecule has 3 heterocycles. The Balaban J connectivity index is 1.91. The summed E-state index contributed by atoms with van der Waals surface area (Å²) in [5.74, 6) is -0.226. The Morgan fingerprint density at radius 3 is 3.05 bits per heavy atom. The highest BCUT2D eigenvalue weighted by molar-refractivity contribution is 7.08. The molecule has 3 rings (SSSR count). The van der Waals surface area contributed by atoms with Crippen LogP contribution in [0.5, 0.6) is 0 Å². The number of rotatable bonds is 4. The van der Waals surface area contributed by atoms with Gasteiger partial charge in [-0.2, -0.15) is 0 Å².